The largest absolute Gasteiger partial charge is 0.478 e. The van der Waals surface area contributed by atoms with E-state index in [1.54, 1.807) is 31.2 Å². The van der Waals surface area contributed by atoms with Gasteiger partial charge in [-0.2, -0.15) is 0 Å². The maximum absolute atomic E-state index is 12.7. The third-order valence-corrected chi connectivity index (χ3v) is 5.51. The van der Waals surface area contributed by atoms with Crippen molar-refractivity contribution in [2.45, 2.75) is 24.2 Å². The Morgan fingerprint density at radius 1 is 1.18 bits per heavy atom. The predicted molar refractivity (Wildman–Crippen MR) is 108 cm³/mol. The lowest BCUT2D eigenvalue weighted by atomic mass is 10.1. The smallest absolute Gasteiger partial charge is 0.340 e. The molecule has 0 saturated carbocycles. The fourth-order valence-electron chi connectivity index (χ4n) is 3.11. The number of benzene rings is 2. The number of thioether (sulfide) groups is 1. The van der Waals surface area contributed by atoms with Gasteiger partial charge < -0.3 is 19.5 Å². The van der Waals surface area contributed by atoms with Crippen LogP contribution in [-0.4, -0.2) is 33.3 Å². The topological polar surface area (TPSA) is 88.8 Å². The highest BCUT2D eigenvalue weighted by Crippen LogP contribution is 2.32. The lowest BCUT2D eigenvalue weighted by Crippen LogP contribution is -2.08. The molecule has 6 nitrogen and oxygen atoms in total. The molecule has 2 N–H and O–H groups in total. The average molecular weight is 399 g/mol. The molecule has 0 aliphatic rings. The molecule has 0 radical (unpaired) electrons. The lowest BCUT2D eigenvalue weighted by molar-refractivity contribution is 0.0527. The van der Waals surface area contributed by atoms with Crippen molar-refractivity contribution in [2.75, 3.05) is 6.61 Å². The summed E-state index contributed by atoms with van der Waals surface area (Å²) in [5.74, 6) is -0.912. The number of hydrogen-bond donors (Lipinski definition) is 2. The van der Waals surface area contributed by atoms with E-state index < -0.39 is 11.9 Å². The van der Waals surface area contributed by atoms with Crippen LogP contribution in [0.4, 0.5) is 0 Å². The molecule has 3 aromatic rings. The number of fused-ring (bicyclic) bond motifs is 1. The van der Waals surface area contributed by atoms with E-state index >= 15 is 0 Å². The zero-order valence-corrected chi connectivity index (χ0v) is 16.5. The molecule has 0 aliphatic carbocycles. The Morgan fingerprint density at radius 2 is 1.96 bits per heavy atom. The molecule has 7 heteroatoms. The Balaban J connectivity index is 2.02. The maximum atomic E-state index is 12.7. The summed E-state index contributed by atoms with van der Waals surface area (Å²) in [6.07, 6.45) is 0. The first-order valence-electron chi connectivity index (χ1n) is 8.80. The molecule has 0 aliphatic heterocycles. The monoisotopic (exact) mass is 399 g/mol. The SMILES string of the molecule is CCOC(=O)c1c(CSc2cccc(C(=O)O)c2)n(C)c2ccc(CO)cc12. The number of rotatable bonds is 7. The van der Waals surface area contributed by atoms with Crippen LogP contribution in [0.1, 0.15) is 38.9 Å². The van der Waals surface area contributed by atoms with E-state index in [1.807, 2.05) is 29.8 Å². The molecule has 0 unspecified atom stereocenters. The number of aliphatic hydroxyl groups excluding tert-OH is 1. The van der Waals surface area contributed by atoms with Crippen molar-refractivity contribution in [3.05, 3.63) is 64.8 Å². The van der Waals surface area contributed by atoms with E-state index in [0.717, 1.165) is 27.1 Å². The highest BCUT2D eigenvalue weighted by Gasteiger charge is 2.22. The van der Waals surface area contributed by atoms with Crippen LogP contribution in [0.25, 0.3) is 10.9 Å². The second kappa shape index (κ2) is 8.50. The molecule has 1 aromatic heterocycles. The summed E-state index contributed by atoms with van der Waals surface area (Å²) >= 11 is 1.45. The van der Waals surface area contributed by atoms with Gasteiger partial charge in [0.1, 0.15) is 0 Å². The van der Waals surface area contributed by atoms with Gasteiger partial charge in [-0.15, -0.1) is 11.8 Å². The number of aryl methyl sites for hydroxylation is 1. The summed E-state index contributed by atoms with van der Waals surface area (Å²) in [6, 6.07) is 12.2. The normalized spacial score (nSPS) is 11.0. The molecule has 0 spiro atoms. The molecule has 28 heavy (non-hydrogen) atoms. The number of aromatic carboxylic acids is 1. The molecule has 3 rings (SSSR count). The second-order valence-electron chi connectivity index (χ2n) is 6.23. The number of nitrogens with zero attached hydrogens (tertiary/aromatic N) is 1. The van der Waals surface area contributed by atoms with Crippen LogP contribution in [0.2, 0.25) is 0 Å². The number of esters is 1. The van der Waals surface area contributed by atoms with Gasteiger partial charge in [0.25, 0.3) is 0 Å². The Labute approximate surface area is 166 Å². The minimum Gasteiger partial charge on any atom is -0.478 e. The van der Waals surface area contributed by atoms with Crippen molar-refractivity contribution in [2.24, 2.45) is 7.05 Å². The molecule has 146 valence electrons. The number of aliphatic hydroxyl groups is 1. The van der Waals surface area contributed by atoms with Gasteiger partial charge in [-0.25, -0.2) is 9.59 Å². The van der Waals surface area contributed by atoms with Gasteiger partial charge in [0.2, 0.25) is 0 Å². The number of carbonyl (C=O) groups is 2. The fraction of sp³-hybridized carbons (Fsp3) is 0.238. The highest BCUT2D eigenvalue weighted by molar-refractivity contribution is 7.98. The molecular formula is C21H21NO5S. The van der Waals surface area contributed by atoms with Crippen LogP contribution in [0, 0.1) is 0 Å². The summed E-state index contributed by atoms with van der Waals surface area (Å²) in [6.45, 7) is 1.91. The van der Waals surface area contributed by atoms with Crippen molar-refractivity contribution in [1.82, 2.24) is 4.57 Å². The van der Waals surface area contributed by atoms with E-state index in [4.69, 9.17) is 9.84 Å². The van der Waals surface area contributed by atoms with Crippen LogP contribution in [-0.2, 0) is 24.1 Å². The van der Waals surface area contributed by atoms with Gasteiger partial charge in [0.05, 0.1) is 24.3 Å². The Hall–Kier alpha value is -2.77. The van der Waals surface area contributed by atoms with Crippen molar-refractivity contribution >= 4 is 34.6 Å². The molecule has 0 atom stereocenters. The summed E-state index contributed by atoms with van der Waals surface area (Å²) in [5.41, 5.74) is 3.08. The highest BCUT2D eigenvalue weighted by atomic mass is 32.2. The average Bonchev–Trinajstić information content (AvgIpc) is 2.98. The van der Waals surface area contributed by atoms with Crippen molar-refractivity contribution < 1.29 is 24.5 Å². The summed E-state index contributed by atoms with van der Waals surface area (Å²) < 4.78 is 7.21. The Kier molecular flexibility index (Phi) is 6.06. The Bertz CT molecular complexity index is 1040. The van der Waals surface area contributed by atoms with E-state index in [-0.39, 0.29) is 18.8 Å². The van der Waals surface area contributed by atoms with E-state index in [1.165, 1.54) is 11.8 Å². The second-order valence-corrected chi connectivity index (χ2v) is 7.28. The lowest BCUT2D eigenvalue weighted by Gasteiger charge is -2.08. The predicted octanol–water partition coefficient (Wildman–Crippen LogP) is 3.84. The van der Waals surface area contributed by atoms with E-state index in [2.05, 4.69) is 0 Å². The van der Waals surface area contributed by atoms with Crippen molar-refractivity contribution in [3.8, 4) is 0 Å². The van der Waals surface area contributed by atoms with Crippen LogP contribution >= 0.6 is 11.8 Å². The summed E-state index contributed by atoms with van der Waals surface area (Å²) in [7, 11) is 1.88. The molecular weight excluding hydrogens is 378 g/mol. The maximum Gasteiger partial charge on any atom is 0.340 e. The summed E-state index contributed by atoms with van der Waals surface area (Å²) in [4.78, 5) is 24.6. The molecule has 2 aromatic carbocycles. The first kappa shape index (κ1) is 20.0. The van der Waals surface area contributed by atoms with Crippen molar-refractivity contribution in [3.63, 3.8) is 0 Å². The minimum atomic E-state index is -0.976. The quantitative estimate of drug-likeness (QED) is 0.464. The molecule has 0 amide bonds. The van der Waals surface area contributed by atoms with Gasteiger partial charge in [-0.3, -0.25) is 0 Å². The number of ether oxygens (including phenoxy) is 1. The van der Waals surface area contributed by atoms with Crippen molar-refractivity contribution in [1.29, 1.82) is 0 Å². The van der Waals surface area contributed by atoms with Gasteiger partial charge in [0, 0.05) is 34.3 Å². The van der Waals surface area contributed by atoms with Gasteiger partial charge in [0.15, 0.2) is 0 Å². The van der Waals surface area contributed by atoms with E-state index in [9.17, 15) is 14.7 Å². The number of hydrogen-bond acceptors (Lipinski definition) is 5. The van der Waals surface area contributed by atoms with Gasteiger partial charge in [-0.1, -0.05) is 12.1 Å². The van der Waals surface area contributed by atoms with Gasteiger partial charge in [-0.05, 0) is 42.8 Å². The molecule has 0 bridgehead atoms. The minimum absolute atomic E-state index is 0.112. The Morgan fingerprint density at radius 3 is 2.64 bits per heavy atom. The number of aromatic nitrogens is 1. The summed E-state index contributed by atoms with van der Waals surface area (Å²) in [5, 5.41) is 19.4. The van der Waals surface area contributed by atoms with Crippen LogP contribution < -0.4 is 0 Å². The number of carbonyl (C=O) groups excluding carboxylic acids is 1. The van der Waals surface area contributed by atoms with Crippen LogP contribution in [0.3, 0.4) is 0 Å². The molecule has 1 heterocycles. The van der Waals surface area contributed by atoms with Crippen LogP contribution in [0.15, 0.2) is 47.4 Å². The first-order chi connectivity index (χ1) is 13.5. The fourth-order valence-corrected chi connectivity index (χ4v) is 4.14. The standard InChI is InChI=1S/C21H21NO5S/c1-3-27-21(26)19-16-9-13(11-23)7-8-17(16)22(2)18(19)12-28-15-6-4-5-14(10-15)20(24)25/h4-10,23H,3,11-12H2,1-2H3,(H,24,25). The third-order valence-electron chi connectivity index (χ3n) is 4.50. The van der Waals surface area contributed by atoms with Gasteiger partial charge >= 0.3 is 11.9 Å². The van der Waals surface area contributed by atoms with Crippen LogP contribution in [0.5, 0.6) is 0 Å². The number of carboxylic acid groups (broad SMARTS) is 1. The molecule has 0 saturated heterocycles. The zero-order chi connectivity index (χ0) is 20.3. The van der Waals surface area contributed by atoms with E-state index in [0.29, 0.717) is 11.3 Å². The third kappa shape index (κ3) is 3.90. The zero-order valence-electron chi connectivity index (χ0n) is 15.6. The first-order valence-corrected chi connectivity index (χ1v) is 9.79. The molecule has 0 fully saturated rings. The number of carboxylic acids is 1.